The summed E-state index contributed by atoms with van der Waals surface area (Å²) in [5, 5.41) is 0. The number of rotatable bonds is 1. The molecule has 92 valence electrons. The fourth-order valence-corrected chi connectivity index (χ4v) is 2.21. The monoisotopic (exact) mass is 242 g/mol. The second-order valence-corrected chi connectivity index (χ2v) is 4.52. The van der Waals surface area contributed by atoms with Gasteiger partial charge in [0.15, 0.2) is 0 Å². The Morgan fingerprint density at radius 3 is 3.00 bits per heavy atom. The van der Waals surface area contributed by atoms with Crippen molar-refractivity contribution in [2.75, 3.05) is 6.61 Å². The van der Waals surface area contributed by atoms with Crippen LogP contribution in [0, 0.1) is 13.8 Å². The molecule has 0 spiro atoms. The number of benzene rings is 1. The molecule has 18 heavy (non-hydrogen) atoms. The standard InChI is InChI=1S/C14H14N2O2/c1-8-9(2)16-14(17)12(15-8)11-5-3-4-10-6-7-18-13(10)11/h3-5H,6-7H2,1-2H3,(H,16,17). The first-order valence-electron chi connectivity index (χ1n) is 5.99. The van der Waals surface area contributed by atoms with Gasteiger partial charge in [0.1, 0.15) is 11.4 Å². The van der Waals surface area contributed by atoms with Crippen molar-refractivity contribution < 1.29 is 4.74 Å². The van der Waals surface area contributed by atoms with Crippen molar-refractivity contribution in [3.05, 3.63) is 45.5 Å². The van der Waals surface area contributed by atoms with E-state index < -0.39 is 0 Å². The minimum absolute atomic E-state index is 0.165. The van der Waals surface area contributed by atoms with Crippen LogP contribution < -0.4 is 10.3 Å². The maximum Gasteiger partial charge on any atom is 0.274 e. The summed E-state index contributed by atoms with van der Waals surface area (Å²) < 4.78 is 5.62. The molecular formula is C14H14N2O2. The third kappa shape index (κ3) is 1.61. The summed E-state index contributed by atoms with van der Waals surface area (Å²) in [7, 11) is 0. The number of fused-ring (bicyclic) bond motifs is 1. The zero-order valence-corrected chi connectivity index (χ0v) is 10.4. The van der Waals surface area contributed by atoms with Crippen LogP contribution in [0.1, 0.15) is 17.0 Å². The van der Waals surface area contributed by atoms with E-state index in [-0.39, 0.29) is 5.56 Å². The number of hydrogen-bond acceptors (Lipinski definition) is 3. The first kappa shape index (κ1) is 11.0. The SMILES string of the molecule is Cc1nc(-c2cccc3c2OCC3)c(=O)[nH]c1C. The number of para-hydroxylation sites is 1. The van der Waals surface area contributed by atoms with Gasteiger partial charge < -0.3 is 9.72 Å². The van der Waals surface area contributed by atoms with Crippen molar-refractivity contribution in [1.29, 1.82) is 0 Å². The van der Waals surface area contributed by atoms with E-state index >= 15 is 0 Å². The zero-order valence-electron chi connectivity index (χ0n) is 10.4. The number of nitrogens with zero attached hydrogens (tertiary/aromatic N) is 1. The van der Waals surface area contributed by atoms with E-state index in [0.717, 1.165) is 34.7 Å². The van der Waals surface area contributed by atoms with E-state index in [1.807, 2.05) is 32.0 Å². The molecule has 4 nitrogen and oxygen atoms in total. The molecule has 0 aliphatic carbocycles. The lowest BCUT2D eigenvalue weighted by atomic mass is 10.1. The maximum absolute atomic E-state index is 12.0. The first-order valence-corrected chi connectivity index (χ1v) is 5.99. The van der Waals surface area contributed by atoms with Crippen molar-refractivity contribution in [3.63, 3.8) is 0 Å². The van der Waals surface area contributed by atoms with E-state index in [2.05, 4.69) is 9.97 Å². The van der Waals surface area contributed by atoms with E-state index in [4.69, 9.17) is 4.74 Å². The minimum atomic E-state index is -0.165. The molecule has 0 radical (unpaired) electrons. The van der Waals surface area contributed by atoms with Gasteiger partial charge >= 0.3 is 0 Å². The Balaban J connectivity index is 2.25. The fraction of sp³-hybridized carbons (Fsp3) is 0.286. The Kier molecular flexibility index (Phi) is 2.44. The van der Waals surface area contributed by atoms with Gasteiger partial charge in [0.2, 0.25) is 0 Å². The van der Waals surface area contributed by atoms with Gasteiger partial charge in [-0.15, -0.1) is 0 Å². The van der Waals surface area contributed by atoms with Crippen molar-refractivity contribution in [2.24, 2.45) is 0 Å². The molecule has 0 fully saturated rings. The van der Waals surface area contributed by atoms with Crippen LogP contribution in [0.4, 0.5) is 0 Å². The van der Waals surface area contributed by atoms with Crippen molar-refractivity contribution >= 4 is 0 Å². The van der Waals surface area contributed by atoms with Crippen LogP contribution >= 0.6 is 0 Å². The number of aromatic amines is 1. The zero-order chi connectivity index (χ0) is 12.7. The van der Waals surface area contributed by atoms with Crippen molar-refractivity contribution in [3.8, 4) is 17.0 Å². The van der Waals surface area contributed by atoms with Crippen LogP contribution in [0.25, 0.3) is 11.3 Å². The molecule has 3 rings (SSSR count). The second-order valence-electron chi connectivity index (χ2n) is 4.52. The fourth-order valence-electron chi connectivity index (χ4n) is 2.21. The highest BCUT2D eigenvalue weighted by molar-refractivity contribution is 5.69. The predicted octanol–water partition coefficient (Wildman–Crippen LogP) is 1.99. The maximum atomic E-state index is 12.0. The predicted molar refractivity (Wildman–Crippen MR) is 69.0 cm³/mol. The van der Waals surface area contributed by atoms with Gasteiger partial charge in [-0.1, -0.05) is 12.1 Å². The topological polar surface area (TPSA) is 55.0 Å². The number of nitrogens with one attached hydrogen (secondary N) is 1. The van der Waals surface area contributed by atoms with Gasteiger partial charge in [-0.3, -0.25) is 4.79 Å². The van der Waals surface area contributed by atoms with Gasteiger partial charge in [0, 0.05) is 17.7 Å². The van der Waals surface area contributed by atoms with E-state index in [1.54, 1.807) is 0 Å². The number of aromatic nitrogens is 2. The van der Waals surface area contributed by atoms with Crippen molar-refractivity contribution in [1.82, 2.24) is 9.97 Å². The lowest BCUT2D eigenvalue weighted by Crippen LogP contribution is -2.14. The molecule has 2 aromatic rings. The Bertz CT molecular complexity index is 674. The first-order chi connectivity index (χ1) is 8.66. The van der Waals surface area contributed by atoms with Crippen LogP contribution in [-0.4, -0.2) is 16.6 Å². The summed E-state index contributed by atoms with van der Waals surface area (Å²) in [5.74, 6) is 0.804. The number of hydrogen-bond donors (Lipinski definition) is 1. The normalized spacial score (nSPS) is 13.2. The average molecular weight is 242 g/mol. The van der Waals surface area contributed by atoms with Gasteiger partial charge in [-0.25, -0.2) is 4.98 Å². The minimum Gasteiger partial charge on any atom is -0.492 e. The molecular weight excluding hydrogens is 228 g/mol. The van der Waals surface area contributed by atoms with E-state index in [1.165, 1.54) is 0 Å². The summed E-state index contributed by atoms with van der Waals surface area (Å²) in [6.45, 7) is 4.41. The highest BCUT2D eigenvalue weighted by atomic mass is 16.5. The lowest BCUT2D eigenvalue weighted by molar-refractivity contribution is 0.358. The summed E-state index contributed by atoms with van der Waals surface area (Å²) in [6, 6.07) is 5.86. The number of aryl methyl sites for hydroxylation is 2. The highest BCUT2D eigenvalue weighted by Crippen LogP contribution is 2.34. The van der Waals surface area contributed by atoms with E-state index in [0.29, 0.717) is 12.3 Å². The summed E-state index contributed by atoms with van der Waals surface area (Å²) in [5.41, 5.74) is 3.84. The van der Waals surface area contributed by atoms with Crippen LogP contribution in [0.15, 0.2) is 23.0 Å². The summed E-state index contributed by atoms with van der Waals surface area (Å²) >= 11 is 0. The largest absolute Gasteiger partial charge is 0.492 e. The number of ether oxygens (including phenoxy) is 1. The smallest absolute Gasteiger partial charge is 0.274 e. The molecule has 0 atom stereocenters. The molecule has 0 bridgehead atoms. The van der Waals surface area contributed by atoms with E-state index in [9.17, 15) is 4.79 Å². The van der Waals surface area contributed by atoms with Crippen LogP contribution in [0.3, 0.4) is 0 Å². The van der Waals surface area contributed by atoms with Crippen LogP contribution in [-0.2, 0) is 6.42 Å². The molecule has 1 aliphatic heterocycles. The van der Waals surface area contributed by atoms with Gasteiger partial charge in [0.25, 0.3) is 5.56 Å². The molecule has 0 saturated heterocycles. The van der Waals surface area contributed by atoms with Gasteiger partial charge in [-0.2, -0.15) is 0 Å². The molecule has 1 N–H and O–H groups in total. The summed E-state index contributed by atoms with van der Waals surface area (Å²) in [6.07, 6.45) is 0.895. The quantitative estimate of drug-likeness (QED) is 0.832. The third-order valence-electron chi connectivity index (χ3n) is 3.31. The highest BCUT2D eigenvalue weighted by Gasteiger charge is 2.19. The molecule has 1 aromatic heterocycles. The van der Waals surface area contributed by atoms with Gasteiger partial charge in [0.05, 0.1) is 12.3 Å². The van der Waals surface area contributed by atoms with Crippen LogP contribution in [0.5, 0.6) is 5.75 Å². The Morgan fingerprint density at radius 2 is 2.17 bits per heavy atom. The molecule has 0 saturated carbocycles. The Hall–Kier alpha value is -2.10. The van der Waals surface area contributed by atoms with Crippen molar-refractivity contribution in [2.45, 2.75) is 20.3 Å². The Labute approximate surface area is 105 Å². The molecule has 1 aliphatic rings. The molecule has 2 heterocycles. The average Bonchev–Trinajstić information content (AvgIpc) is 2.82. The molecule has 0 unspecified atom stereocenters. The lowest BCUT2D eigenvalue weighted by Gasteiger charge is -2.08. The molecule has 0 amide bonds. The Morgan fingerprint density at radius 1 is 1.33 bits per heavy atom. The van der Waals surface area contributed by atoms with Crippen LogP contribution in [0.2, 0.25) is 0 Å². The molecule has 4 heteroatoms. The summed E-state index contributed by atoms with van der Waals surface area (Å²) in [4.78, 5) is 19.2. The third-order valence-corrected chi connectivity index (χ3v) is 3.31. The molecule has 1 aromatic carbocycles. The number of H-pyrrole nitrogens is 1. The van der Waals surface area contributed by atoms with Gasteiger partial charge in [-0.05, 0) is 25.5 Å². The second kappa shape index (κ2) is 3.98.